The minimum atomic E-state index is -0.289. The Morgan fingerprint density at radius 2 is 1.27 bits per heavy atom. The molecule has 2 aromatic rings. The van der Waals surface area contributed by atoms with Crippen molar-refractivity contribution in [2.45, 2.75) is 65.8 Å². The fraction of sp³-hybridized carbons (Fsp3) is 0.556. The summed E-state index contributed by atoms with van der Waals surface area (Å²) in [7, 11) is 4.73. The van der Waals surface area contributed by atoms with Crippen LogP contribution >= 0.6 is 0 Å². The molecule has 0 aromatic heterocycles. The molecule has 0 radical (unpaired) electrons. The molecule has 3 heteroatoms. The third-order valence-electron chi connectivity index (χ3n) is 5.91. The van der Waals surface area contributed by atoms with Gasteiger partial charge in [0.15, 0.2) is 6.29 Å². The van der Waals surface area contributed by atoms with E-state index >= 15 is 0 Å². The fourth-order valence-electron chi connectivity index (χ4n) is 4.59. The first-order valence-electron chi connectivity index (χ1n) is 11.3. The monoisotopic (exact) mass is 412 g/mol. The summed E-state index contributed by atoms with van der Waals surface area (Å²) in [5, 5.41) is 0. The van der Waals surface area contributed by atoms with Crippen LogP contribution in [0.2, 0.25) is 0 Å². The van der Waals surface area contributed by atoms with Gasteiger partial charge >= 0.3 is 0 Å². The van der Waals surface area contributed by atoms with Gasteiger partial charge in [-0.25, -0.2) is 0 Å². The first kappa shape index (κ1) is 24.4. The maximum Gasteiger partial charge on any atom is 0.197 e. The summed E-state index contributed by atoms with van der Waals surface area (Å²) in [6, 6.07) is 20.8. The maximum atomic E-state index is 6.40. The fourth-order valence-corrected chi connectivity index (χ4v) is 4.59. The van der Waals surface area contributed by atoms with Gasteiger partial charge in [0.25, 0.3) is 0 Å². The zero-order chi connectivity index (χ0) is 22.2. The molecule has 0 heterocycles. The Kier molecular flexibility index (Phi) is 8.93. The summed E-state index contributed by atoms with van der Waals surface area (Å²) in [6.45, 7) is 12.9. The quantitative estimate of drug-likeness (QED) is 0.291. The standard InChI is InChI=1S/C27H42NO2/c1-22(2)18-27(19-23(3)4,28(6,7)20-25-14-10-8-11-15-25)21-29-24(5)30-26-16-12-9-13-17-26/h8-17,22-24H,18-21H2,1-7H3/q+1. The van der Waals surface area contributed by atoms with Crippen LogP contribution in [0, 0.1) is 11.8 Å². The Morgan fingerprint density at radius 3 is 1.77 bits per heavy atom. The highest BCUT2D eigenvalue weighted by Crippen LogP contribution is 2.37. The summed E-state index contributed by atoms with van der Waals surface area (Å²) in [4.78, 5) is 0. The molecule has 0 aliphatic carbocycles. The van der Waals surface area contributed by atoms with E-state index < -0.39 is 0 Å². The van der Waals surface area contributed by atoms with Crippen LogP contribution in [0.1, 0.15) is 53.0 Å². The third-order valence-corrected chi connectivity index (χ3v) is 5.91. The summed E-state index contributed by atoms with van der Waals surface area (Å²) < 4.78 is 13.3. The number of para-hydroxylation sites is 1. The molecule has 166 valence electrons. The predicted molar refractivity (Wildman–Crippen MR) is 126 cm³/mol. The highest BCUT2D eigenvalue weighted by atomic mass is 16.7. The van der Waals surface area contributed by atoms with Crippen LogP contribution in [0.15, 0.2) is 60.7 Å². The molecule has 0 saturated heterocycles. The van der Waals surface area contributed by atoms with Crippen molar-refractivity contribution >= 4 is 0 Å². The van der Waals surface area contributed by atoms with Crippen molar-refractivity contribution in [2.75, 3.05) is 20.7 Å². The van der Waals surface area contributed by atoms with Gasteiger partial charge in [-0.3, -0.25) is 0 Å². The lowest BCUT2D eigenvalue weighted by Gasteiger charge is -2.51. The smallest absolute Gasteiger partial charge is 0.197 e. The average Bonchev–Trinajstić information content (AvgIpc) is 2.66. The largest absolute Gasteiger partial charge is 0.465 e. The Morgan fingerprint density at radius 1 is 0.767 bits per heavy atom. The summed E-state index contributed by atoms with van der Waals surface area (Å²) >= 11 is 0. The third kappa shape index (κ3) is 7.14. The second kappa shape index (κ2) is 11.0. The van der Waals surface area contributed by atoms with Crippen LogP contribution in [0.4, 0.5) is 0 Å². The molecule has 3 nitrogen and oxygen atoms in total. The number of benzene rings is 2. The Hall–Kier alpha value is -1.84. The van der Waals surface area contributed by atoms with Crippen LogP contribution < -0.4 is 4.74 Å². The van der Waals surface area contributed by atoms with E-state index in [2.05, 4.69) is 72.1 Å². The molecule has 0 saturated carbocycles. The van der Waals surface area contributed by atoms with Gasteiger partial charge in [0, 0.05) is 18.4 Å². The lowest BCUT2D eigenvalue weighted by Crippen LogP contribution is -2.63. The van der Waals surface area contributed by atoms with Crippen LogP contribution in [0.5, 0.6) is 5.75 Å². The number of ether oxygens (including phenoxy) is 2. The molecule has 0 bridgehead atoms. The van der Waals surface area contributed by atoms with E-state index in [1.54, 1.807) is 0 Å². The van der Waals surface area contributed by atoms with Crippen molar-refractivity contribution in [1.82, 2.24) is 0 Å². The maximum absolute atomic E-state index is 6.40. The number of nitrogens with zero attached hydrogens (tertiary/aromatic N) is 1. The zero-order valence-electron chi connectivity index (χ0n) is 20.1. The topological polar surface area (TPSA) is 18.5 Å². The van der Waals surface area contributed by atoms with E-state index in [1.165, 1.54) is 5.56 Å². The number of rotatable bonds is 12. The van der Waals surface area contributed by atoms with Gasteiger partial charge in [0.1, 0.15) is 24.4 Å². The highest BCUT2D eigenvalue weighted by molar-refractivity contribution is 5.21. The molecule has 0 amide bonds. The second-order valence-electron chi connectivity index (χ2n) is 10.1. The molecule has 0 N–H and O–H groups in total. The van der Waals surface area contributed by atoms with Crippen LogP contribution in [0.25, 0.3) is 0 Å². The second-order valence-corrected chi connectivity index (χ2v) is 10.1. The van der Waals surface area contributed by atoms with Crippen molar-refractivity contribution in [3.63, 3.8) is 0 Å². The van der Waals surface area contributed by atoms with E-state index in [1.807, 2.05) is 37.3 Å². The van der Waals surface area contributed by atoms with E-state index in [9.17, 15) is 0 Å². The van der Waals surface area contributed by atoms with E-state index in [0.717, 1.165) is 29.6 Å². The van der Waals surface area contributed by atoms with Gasteiger partial charge in [-0.15, -0.1) is 0 Å². The number of likely N-dealkylation sites (N-methyl/N-ethyl adjacent to an activating group) is 1. The van der Waals surface area contributed by atoms with Crippen molar-refractivity contribution in [2.24, 2.45) is 11.8 Å². The van der Waals surface area contributed by atoms with Crippen molar-refractivity contribution < 1.29 is 14.0 Å². The summed E-state index contributed by atoms with van der Waals surface area (Å²) in [6.07, 6.45) is 1.94. The minimum absolute atomic E-state index is 0.00643. The van der Waals surface area contributed by atoms with Crippen molar-refractivity contribution in [1.29, 1.82) is 0 Å². The van der Waals surface area contributed by atoms with Gasteiger partial charge in [-0.05, 0) is 30.9 Å². The first-order chi connectivity index (χ1) is 14.1. The number of quaternary nitrogens is 1. The molecule has 0 spiro atoms. The van der Waals surface area contributed by atoms with Gasteiger partial charge in [-0.1, -0.05) is 76.2 Å². The highest BCUT2D eigenvalue weighted by Gasteiger charge is 2.47. The molecule has 30 heavy (non-hydrogen) atoms. The Labute approximate surface area is 184 Å². The molecule has 2 rings (SSSR count). The lowest BCUT2D eigenvalue weighted by atomic mass is 9.79. The molecule has 1 unspecified atom stereocenters. The first-order valence-corrected chi connectivity index (χ1v) is 11.3. The SMILES string of the molecule is CC(C)CC(COC(C)Oc1ccccc1)(CC(C)C)[N+](C)(C)Cc1ccccc1. The Balaban J connectivity index is 2.24. The van der Waals surface area contributed by atoms with Crippen LogP contribution in [-0.2, 0) is 11.3 Å². The van der Waals surface area contributed by atoms with Gasteiger partial charge in [0.2, 0.25) is 0 Å². The lowest BCUT2D eigenvalue weighted by molar-refractivity contribution is -0.957. The average molecular weight is 413 g/mol. The van der Waals surface area contributed by atoms with Gasteiger partial charge in [-0.2, -0.15) is 0 Å². The van der Waals surface area contributed by atoms with E-state index in [4.69, 9.17) is 9.47 Å². The van der Waals surface area contributed by atoms with Gasteiger partial charge < -0.3 is 14.0 Å². The molecular formula is C27H42NO2+. The number of hydrogen-bond acceptors (Lipinski definition) is 2. The molecular weight excluding hydrogens is 370 g/mol. The minimum Gasteiger partial charge on any atom is -0.465 e. The van der Waals surface area contributed by atoms with Crippen LogP contribution in [0.3, 0.4) is 0 Å². The van der Waals surface area contributed by atoms with Crippen molar-refractivity contribution in [3.8, 4) is 5.75 Å². The predicted octanol–water partition coefficient (Wildman–Crippen LogP) is 6.54. The molecule has 0 fully saturated rings. The summed E-state index contributed by atoms with van der Waals surface area (Å²) in [5.41, 5.74) is 1.37. The molecule has 0 aliphatic rings. The van der Waals surface area contributed by atoms with E-state index in [-0.39, 0.29) is 11.8 Å². The molecule has 1 atom stereocenters. The number of hydrogen-bond donors (Lipinski definition) is 0. The summed E-state index contributed by atoms with van der Waals surface area (Å²) in [5.74, 6) is 2.03. The zero-order valence-corrected chi connectivity index (χ0v) is 20.1. The molecule has 0 aliphatic heterocycles. The normalized spacial score (nSPS) is 13.6. The van der Waals surface area contributed by atoms with Crippen molar-refractivity contribution in [3.05, 3.63) is 66.2 Å². The van der Waals surface area contributed by atoms with E-state index in [0.29, 0.717) is 18.4 Å². The van der Waals surface area contributed by atoms with Gasteiger partial charge in [0.05, 0.1) is 14.1 Å². The van der Waals surface area contributed by atoms with Crippen LogP contribution in [-0.4, -0.2) is 37.0 Å². The Bertz CT molecular complexity index is 715. The molecule has 2 aromatic carbocycles.